The Morgan fingerprint density at radius 3 is 1.78 bits per heavy atom. The number of ether oxygens (including phenoxy) is 1. The normalized spacial score (nSPS) is 10.9. The quantitative estimate of drug-likeness (QED) is 0.245. The summed E-state index contributed by atoms with van der Waals surface area (Å²) in [4.78, 5) is 12.0. The summed E-state index contributed by atoms with van der Waals surface area (Å²) in [5, 5.41) is 4.52. The van der Waals surface area contributed by atoms with Crippen LogP contribution in [-0.2, 0) is 16.1 Å². The lowest BCUT2D eigenvalue weighted by atomic mass is 9.88. The molecule has 0 aliphatic rings. The summed E-state index contributed by atoms with van der Waals surface area (Å²) in [5.41, 5.74) is 3.81. The highest BCUT2D eigenvalue weighted by Crippen LogP contribution is 2.39. The molecule has 0 saturated heterocycles. The summed E-state index contributed by atoms with van der Waals surface area (Å²) in [6.45, 7) is 5.56. The van der Waals surface area contributed by atoms with Crippen LogP contribution in [0.2, 0.25) is 0 Å². The van der Waals surface area contributed by atoms with E-state index in [0.717, 1.165) is 27.1 Å². The Labute approximate surface area is 158 Å². The van der Waals surface area contributed by atoms with Crippen LogP contribution in [0.15, 0.2) is 91.0 Å². The third-order valence-corrected chi connectivity index (χ3v) is 4.80. The molecule has 0 unspecified atom stereocenters. The summed E-state index contributed by atoms with van der Waals surface area (Å²) < 4.78 is 5.51. The predicted octanol–water partition coefficient (Wildman–Crippen LogP) is 6.28. The minimum atomic E-state index is -0.365. The van der Waals surface area contributed by atoms with Gasteiger partial charge in [0.25, 0.3) is 0 Å². The van der Waals surface area contributed by atoms with Crippen molar-refractivity contribution in [3.63, 3.8) is 0 Å². The molecule has 0 radical (unpaired) electrons. The van der Waals surface area contributed by atoms with Crippen LogP contribution >= 0.6 is 0 Å². The van der Waals surface area contributed by atoms with Gasteiger partial charge >= 0.3 is 5.97 Å². The van der Waals surface area contributed by atoms with Crippen molar-refractivity contribution in [1.29, 1.82) is 0 Å². The van der Waals surface area contributed by atoms with Crippen molar-refractivity contribution in [3.05, 3.63) is 96.6 Å². The predicted molar refractivity (Wildman–Crippen MR) is 112 cm³/mol. The number of hydrogen-bond acceptors (Lipinski definition) is 2. The van der Waals surface area contributed by atoms with Crippen LogP contribution < -0.4 is 0 Å². The largest absolute Gasteiger partial charge is 0.457 e. The first-order chi connectivity index (χ1) is 13.2. The maximum absolute atomic E-state index is 12.0. The molecule has 27 heavy (non-hydrogen) atoms. The molecule has 4 rings (SSSR count). The van der Waals surface area contributed by atoms with Crippen molar-refractivity contribution in [2.24, 2.45) is 0 Å². The first-order valence-corrected chi connectivity index (χ1v) is 8.97. The molecule has 4 aromatic carbocycles. The molecule has 0 heterocycles. The number of hydrogen-bond donors (Lipinski definition) is 0. The highest BCUT2D eigenvalue weighted by atomic mass is 16.5. The van der Waals surface area contributed by atoms with Gasteiger partial charge in [-0.05, 0) is 39.6 Å². The summed E-state index contributed by atoms with van der Waals surface area (Å²) in [6, 6.07) is 27.0. The van der Waals surface area contributed by atoms with Gasteiger partial charge in [0, 0.05) is 11.1 Å². The number of fused-ring (bicyclic) bond motifs is 2. The Kier molecular flexibility index (Phi) is 4.47. The zero-order valence-corrected chi connectivity index (χ0v) is 15.2. The fourth-order valence-electron chi connectivity index (χ4n) is 3.55. The van der Waals surface area contributed by atoms with Gasteiger partial charge in [-0.2, -0.15) is 0 Å². The second-order valence-corrected chi connectivity index (χ2v) is 6.67. The highest BCUT2D eigenvalue weighted by Gasteiger charge is 2.16. The van der Waals surface area contributed by atoms with Gasteiger partial charge in [-0.15, -0.1) is 0 Å². The molecule has 2 nitrogen and oxygen atoms in total. The summed E-state index contributed by atoms with van der Waals surface area (Å²) in [5.74, 6) is -0.365. The molecule has 0 N–H and O–H groups in total. The van der Waals surface area contributed by atoms with E-state index >= 15 is 0 Å². The third-order valence-electron chi connectivity index (χ3n) is 4.80. The number of benzene rings is 4. The number of carbonyl (C=O) groups excluding carboxylic acids is 1. The SMILES string of the molecule is C=C(C)C(=O)OCc1c2ccccc2c(-c2ccccc2)c2ccccc12. The zero-order valence-electron chi connectivity index (χ0n) is 15.2. The van der Waals surface area contributed by atoms with E-state index < -0.39 is 0 Å². The number of esters is 1. The molecule has 0 saturated carbocycles. The first kappa shape index (κ1) is 17.0. The number of carbonyl (C=O) groups is 1. The van der Waals surface area contributed by atoms with E-state index in [1.165, 1.54) is 11.1 Å². The summed E-state index contributed by atoms with van der Waals surface area (Å²) >= 11 is 0. The Hall–Kier alpha value is -3.39. The second kappa shape index (κ2) is 7.08. The maximum Gasteiger partial charge on any atom is 0.333 e. The topological polar surface area (TPSA) is 26.3 Å². The molecule has 132 valence electrons. The molecule has 2 heteroatoms. The van der Waals surface area contributed by atoms with Gasteiger partial charge in [0.15, 0.2) is 0 Å². The van der Waals surface area contributed by atoms with E-state index in [2.05, 4.69) is 55.1 Å². The van der Waals surface area contributed by atoms with Gasteiger partial charge in [0.05, 0.1) is 0 Å². The zero-order chi connectivity index (χ0) is 18.8. The monoisotopic (exact) mass is 352 g/mol. The minimum Gasteiger partial charge on any atom is -0.457 e. The van der Waals surface area contributed by atoms with Crippen molar-refractivity contribution < 1.29 is 9.53 Å². The summed E-state index contributed by atoms with van der Waals surface area (Å²) in [7, 11) is 0. The van der Waals surface area contributed by atoms with Crippen LogP contribution in [0.25, 0.3) is 32.7 Å². The van der Waals surface area contributed by atoms with Crippen LogP contribution in [0.5, 0.6) is 0 Å². The fourth-order valence-corrected chi connectivity index (χ4v) is 3.55. The molecular formula is C25H20O2. The fraction of sp³-hybridized carbons (Fsp3) is 0.0800. The second-order valence-electron chi connectivity index (χ2n) is 6.67. The lowest BCUT2D eigenvalue weighted by molar-refractivity contribution is -0.140. The lowest BCUT2D eigenvalue weighted by Crippen LogP contribution is -2.06. The van der Waals surface area contributed by atoms with Gasteiger partial charge in [-0.1, -0.05) is 85.4 Å². The van der Waals surface area contributed by atoms with Crippen molar-refractivity contribution in [2.75, 3.05) is 0 Å². The molecule has 0 aliphatic heterocycles. The Bertz CT molecular complexity index is 1100. The molecule has 0 spiro atoms. The molecule has 0 aromatic heterocycles. The first-order valence-electron chi connectivity index (χ1n) is 8.97. The summed E-state index contributed by atoms with van der Waals surface area (Å²) in [6.07, 6.45) is 0. The Morgan fingerprint density at radius 1 is 0.778 bits per heavy atom. The van der Waals surface area contributed by atoms with Crippen molar-refractivity contribution >= 4 is 27.5 Å². The minimum absolute atomic E-state index is 0.224. The number of rotatable bonds is 4. The average molecular weight is 352 g/mol. The van der Waals surface area contributed by atoms with Crippen LogP contribution in [0, 0.1) is 0 Å². The molecule has 4 aromatic rings. The molecule has 0 amide bonds. The van der Waals surface area contributed by atoms with Gasteiger partial charge in [-0.25, -0.2) is 4.79 Å². The van der Waals surface area contributed by atoms with Crippen LogP contribution in [0.1, 0.15) is 12.5 Å². The van der Waals surface area contributed by atoms with E-state index in [9.17, 15) is 4.79 Å². The molecule has 0 fully saturated rings. The van der Waals surface area contributed by atoms with Gasteiger partial charge < -0.3 is 4.74 Å². The van der Waals surface area contributed by atoms with Crippen LogP contribution in [0.4, 0.5) is 0 Å². The van der Waals surface area contributed by atoms with Gasteiger partial charge in [-0.3, -0.25) is 0 Å². The van der Waals surface area contributed by atoms with Crippen molar-refractivity contribution in [3.8, 4) is 11.1 Å². The Balaban J connectivity index is 2.02. The molecule has 0 aliphatic carbocycles. The third kappa shape index (κ3) is 3.11. The lowest BCUT2D eigenvalue weighted by Gasteiger charge is -2.17. The highest BCUT2D eigenvalue weighted by molar-refractivity contribution is 6.15. The molecule has 0 atom stereocenters. The average Bonchev–Trinajstić information content (AvgIpc) is 2.71. The Morgan fingerprint density at radius 2 is 1.26 bits per heavy atom. The van der Waals surface area contributed by atoms with E-state index in [4.69, 9.17) is 4.74 Å². The molecule has 0 bridgehead atoms. The van der Waals surface area contributed by atoms with E-state index in [1.54, 1.807) is 6.92 Å². The molecular weight excluding hydrogens is 332 g/mol. The maximum atomic E-state index is 12.0. The van der Waals surface area contributed by atoms with Gasteiger partial charge in [0.2, 0.25) is 0 Å². The standard InChI is InChI=1S/C25H20O2/c1-17(2)25(26)27-16-23-19-12-6-8-14-21(19)24(18-10-4-3-5-11-18)22-15-9-7-13-20(22)23/h3-15H,1,16H2,2H3. The van der Waals surface area contributed by atoms with Crippen LogP contribution in [0.3, 0.4) is 0 Å². The smallest absolute Gasteiger partial charge is 0.333 e. The van der Waals surface area contributed by atoms with E-state index in [0.29, 0.717) is 5.57 Å². The van der Waals surface area contributed by atoms with Crippen LogP contribution in [-0.4, -0.2) is 5.97 Å². The van der Waals surface area contributed by atoms with Crippen molar-refractivity contribution in [2.45, 2.75) is 13.5 Å². The van der Waals surface area contributed by atoms with Crippen molar-refractivity contribution in [1.82, 2.24) is 0 Å². The van der Waals surface area contributed by atoms with E-state index in [1.807, 2.05) is 30.3 Å². The van der Waals surface area contributed by atoms with Gasteiger partial charge in [0.1, 0.15) is 6.61 Å². The van der Waals surface area contributed by atoms with E-state index in [-0.39, 0.29) is 12.6 Å².